The number of Topliss-reactive ketones (excluding diaryl/α,β-unsaturated/α-hetero) is 1. The number of nitrogens with zero attached hydrogens (tertiary/aromatic N) is 3. The number of piperidine rings is 1. The number of likely N-dealkylation sites (N-methyl/N-ethyl adjacent to an activating group) is 1. The monoisotopic (exact) mass is 840 g/mol. The van der Waals surface area contributed by atoms with Gasteiger partial charge < -0.3 is 29.5 Å². The number of nitrogens with one attached hydrogen (secondary N) is 1. The highest BCUT2D eigenvalue weighted by Gasteiger charge is 2.39. The van der Waals surface area contributed by atoms with Crippen LogP contribution >= 0.6 is 11.3 Å². The fraction of sp³-hybridized carbons (Fsp3) is 0.690. The molecule has 0 aliphatic carbocycles. The number of amides is 2. The van der Waals surface area contributed by atoms with Crippen molar-refractivity contribution in [3.63, 3.8) is 0 Å². The van der Waals surface area contributed by atoms with Crippen LogP contribution in [0.3, 0.4) is 0 Å². The van der Waals surface area contributed by atoms with Crippen molar-refractivity contribution in [2.45, 2.75) is 116 Å². The Labute approximate surface area is 345 Å². The number of carboxylic acids is 1. The number of carbonyl (C=O) groups excluding carboxylic acids is 3. The Morgan fingerprint density at radius 2 is 1.74 bits per heavy atom. The molecule has 58 heavy (non-hydrogen) atoms. The highest BCUT2D eigenvalue weighted by molar-refractivity contribution is 7.09. The summed E-state index contributed by atoms with van der Waals surface area (Å²) in [5.41, 5.74) is -0.255. The van der Waals surface area contributed by atoms with Gasteiger partial charge in [-0.1, -0.05) is 59.6 Å². The molecule has 16 heteroatoms. The number of rotatable bonds is 24. The molecule has 326 valence electrons. The Morgan fingerprint density at radius 3 is 2.31 bits per heavy atom. The third-order valence-electron chi connectivity index (χ3n) is 11.2. The molecule has 1 saturated heterocycles. The Balaban J connectivity index is 1.89. The lowest BCUT2D eigenvalue weighted by molar-refractivity contribution is -0.146. The molecular formula is C42H63F3N4O8S. The lowest BCUT2D eigenvalue weighted by Gasteiger charge is -2.40. The largest absolute Gasteiger partial charge is 0.481 e. The number of likely N-dealkylation sites (tertiary alicyclic amines) is 1. The molecule has 2 heterocycles. The van der Waals surface area contributed by atoms with Gasteiger partial charge in [0.05, 0.1) is 24.1 Å². The third kappa shape index (κ3) is 14.4. The van der Waals surface area contributed by atoms with Crippen molar-refractivity contribution in [2.24, 2.45) is 23.7 Å². The number of benzene rings is 1. The van der Waals surface area contributed by atoms with Crippen LogP contribution in [0.25, 0.3) is 0 Å². The number of thiazole rings is 1. The molecule has 0 saturated carbocycles. The van der Waals surface area contributed by atoms with E-state index in [1.54, 1.807) is 12.5 Å². The smallest absolute Gasteiger partial charge is 0.416 e. The molecule has 1 aliphatic rings. The molecule has 0 radical (unpaired) electrons. The molecule has 2 N–H and O–H groups in total. The molecule has 7 unspecified atom stereocenters. The lowest BCUT2D eigenvalue weighted by Crippen LogP contribution is -2.50. The van der Waals surface area contributed by atoms with Crippen molar-refractivity contribution in [2.75, 3.05) is 47.8 Å². The number of carbonyl (C=O) groups is 4. The number of alkyl halides is 3. The zero-order chi connectivity index (χ0) is 43.2. The van der Waals surface area contributed by atoms with Crippen molar-refractivity contribution in [3.8, 4) is 0 Å². The molecule has 12 nitrogen and oxygen atoms in total. The summed E-state index contributed by atoms with van der Waals surface area (Å²) in [6.45, 7) is 10.9. The highest BCUT2D eigenvalue weighted by atomic mass is 32.1. The number of carboxylic acid groups (broad SMARTS) is 1. The maximum Gasteiger partial charge on any atom is 0.416 e. The molecule has 1 aliphatic heterocycles. The van der Waals surface area contributed by atoms with Gasteiger partial charge in [-0.15, -0.1) is 11.3 Å². The SMILES string of the molecule is CCC(C)C(CC(=O)C1CCCCN1C)C(=O)N(CCOC)C(CC(OCOC)c1nc(C(=O)NC(Cc2ccc(C(F)(F)F)cc2)CC(C)C(=O)O)cs1)C(C)C. The Morgan fingerprint density at radius 1 is 1.05 bits per heavy atom. The van der Waals surface area contributed by atoms with Crippen LogP contribution in [-0.2, 0) is 41.2 Å². The number of hydrogen-bond donors (Lipinski definition) is 2. The summed E-state index contributed by atoms with van der Waals surface area (Å²) in [4.78, 5) is 62.4. The molecule has 2 amide bonds. The maximum absolute atomic E-state index is 14.7. The van der Waals surface area contributed by atoms with E-state index in [1.807, 2.05) is 39.6 Å². The predicted molar refractivity (Wildman–Crippen MR) is 215 cm³/mol. The van der Waals surface area contributed by atoms with Gasteiger partial charge in [-0.3, -0.25) is 24.1 Å². The number of methoxy groups -OCH3 is 2. The highest BCUT2D eigenvalue weighted by Crippen LogP contribution is 2.34. The quantitative estimate of drug-likeness (QED) is 0.104. The molecule has 1 aromatic heterocycles. The molecule has 0 spiro atoms. The summed E-state index contributed by atoms with van der Waals surface area (Å²) in [7, 11) is 5.03. The van der Waals surface area contributed by atoms with Gasteiger partial charge in [0.15, 0.2) is 5.78 Å². The van der Waals surface area contributed by atoms with Crippen LogP contribution in [0.15, 0.2) is 29.6 Å². The lowest BCUT2D eigenvalue weighted by atomic mass is 9.82. The van der Waals surface area contributed by atoms with Gasteiger partial charge >= 0.3 is 12.1 Å². The Kier molecular flexibility index (Phi) is 19.7. The zero-order valence-electron chi connectivity index (χ0n) is 35.2. The Bertz CT molecular complexity index is 1610. The van der Waals surface area contributed by atoms with E-state index in [0.717, 1.165) is 44.4 Å². The van der Waals surface area contributed by atoms with Crippen molar-refractivity contribution >= 4 is 34.9 Å². The number of ketones is 1. The fourth-order valence-electron chi connectivity index (χ4n) is 7.50. The second-order valence-corrected chi connectivity index (χ2v) is 16.8. The second kappa shape index (κ2) is 23.4. The first-order valence-corrected chi connectivity index (χ1v) is 21.1. The van der Waals surface area contributed by atoms with Crippen molar-refractivity contribution < 1.29 is 51.7 Å². The van der Waals surface area contributed by atoms with Crippen LogP contribution in [0, 0.1) is 23.7 Å². The first-order valence-electron chi connectivity index (χ1n) is 20.2. The normalized spacial score (nSPS) is 18.2. The van der Waals surface area contributed by atoms with Crippen LogP contribution in [0.5, 0.6) is 0 Å². The molecule has 1 aromatic carbocycles. The summed E-state index contributed by atoms with van der Waals surface area (Å²) < 4.78 is 56.4. The van der Waals surface area contributed by atoms with E-state index in [1.165, 1.54) is 37.5 Å². The first-order chi connectivity index (χ1) is 27.4. The van der Waals surface area contributed by atoms with Gasteiger partial charge in [-0.25, -0.2) is 4.98 Å². The summed E-state index contributed by atoms with van der Waals surface area (Å²) in [5.74, 6) is -3.16. The summed E-state index contributed by atoms with van der Waals surface area (Å²) in [5, 5.41) is 14.5. The van der Waals surface area contributed by atoms with E-state index in [2.05, 4.69) is 15.2 Å². The van der Waals surface area contributed by atoms with E-state index >= 15 is 0 Å². The number of halogens is 3. The zero-order valence-corrected chi connectivity index (χ0v) is 36.0. The van der Waals surface area contributed by atoms with Crippen molar-refractivity contribution in [1.82, 2.24) is 20.1 Å². The van der Waals surface area contributed by atoms with Crippen LogP contribution < -0.4 is 5.32 Å². The van der Waals surface area contributed by atoms with Gasteiger partial charge in [-0.2, -0.15) is 13.2 Å². The number of hydrogen-bond acceptors (Lipinski definition) is 10. The fourth-order valence-corrected chi connectivity index (χ4v) is 8.36. The number of aliphatic carboxylic acids is 1. The van der Waals surface area contributed by atoms with Gasteiger partial charge in [0.1, 0.15) is 23.6 Å². The average molecular weight is 841 g/mol. The number of aromatic nitrogens is 1. The van der Waals surface area contributed by atoms with Gasteiger partial charge in [0, 0.05) is 57.0 Å². The van der Waals surface area contributed by atoms with Gasteiger partial charge in [-0.05, 0) is 68.8 Å². The predicted octanol–water partition coefficient (Wildman–Crippen LogP) is 7.27. The minimum absolute atomic E-state index is 0.0284. The van der Waals surface area contributed by atoms with E-state index in [4.69, 9.17) is 14.2 Å². The second-order valence-electron chi connectivity index (χ2n) is 15.9. The van der Waals surface area contributed by atoms with E-state index < -0.39 is 47.6 Å². The minimum Gasteiger partial charge on any atom is -0.481 e. The van der Waals surface area contributed by atoms with E-state index in [9.17, 15) is 37.5 Å². The molecule has 1 fully saturated rings. The van der Waals surface area contributed by atoms with Crippen LogP contribution in [0.4, 0.5) is 13.2 Å². The Hall–Kier alpha value is -3.44. The molecular weight excluding hydrogens is 778 g/mol. The summed E-state index contributed by atoms with van der Waals surface area (Å²) >= 11 is 1.19. The van der Waals surface area contributed by atoms with Gasteiger partial charge in [0.25, 0.3) is 5.91 Å². The third-order valence-corrected chi connectivity index (χ3v) is 12.2. The molecule has 7 atom stereocenters. The van der Waals surface area contributed by atoms with Crippen LogP contribution in [0.2, 0.25) is 0 Å². The van der Waals surface area contributed by atoms with Crippen LogP contribution in [-0.4, -0.2) is 109 Å². The van der Waals surface area contributed by atoms with E-state index in [0.29, 0.717) is 23.5 Å². The maximum atomic E-state index is 14.7. The van der Waals surface area contributed by atoms with E-state index in [-0.39, 0.29) is 74.0 Å². The average Bonchev–Trinajstić information content (AvgIpc) is 3.67. The molecule has 0 bridgehead atoms. The summed E-state index contributed by atoms with van der Waals surface area (Å²) in [6.07, 6.45) is -1.11. The standard InChI is InChI=1S/C42H63F3N4O8S/c1-9-27(4)32(22-36(50)34-12-10-11-17-48(34)6)40(52)49(18-19-55-7)35(26(2)3)23-37(57-25-56-8)39-47-33(24-58-39)38(51)46-31(20-28(5)41(53)54)21-29-13-15-30(16-14-29)42(43,44)45/h13-16,24,26-28,31-32,34-35,37H,9-12,17-23,25H2,1-8H3,(H,46,51)(H,53,54). The first kappa shape index (κ1) is 48.9. The van der Waals surface area contributed by atoms with Crippen molar-refractivity contribution in [3.05, 3.63) is 51.5 Å². The topological polar surface area (TPSA) is 148 Å². The van der Waals surface area contributed by atoms with Crippen molar-refractivity contribution in [1.29, 1.82) is 0 Å². The molecule has 3 rings (SSSR count). The van der Waals surface area contributed by atoms with Gasteiger partial charge in [0.2, 0.25) is 5.91 Å². The minimum atomic E-state index is -4.51. The summed E-state index contributed by atoms with van der Waals surface area (Å²) in [6, 6.07) is 3.23. The van der Waals surface area contributed by atoms with Crippen LogP contribution in [0.1, 0.15) is 112 Å². The number of ether oxygens (including phenoxy) is 3. The molecule has 2 aromatic rings.